The number of hydrogen-bond acceptors (Lipinski definition) is 3. The Morgan fingerprint density at radius 3 is 2.49 bits per heavy atom. The molecule has 0 aliphatic rings. The van der Waals surface area contributed by atoms with Crippen molar-refractivity contribution in [3.63, 3.8) is 0 Å². The Balaban J connectivity index is 1.23. The minimum Gasteiger partial charge on any atom is -0.493 e. The molecule has 0 fully saturated rings. The summed E-state index contributed by atoms with van der Waals surface area (Å²) in [5, 5.41) is 3.06. The van der Waals surface area contributed by atoms with Crippen molar-refractivity contribution in [2.24, 2.45) is 0 Å². The molecule has 3 aromatic carbocycles. The Morgan fingerprint density at radius 2 is 1.62 bits per heavy atom. The molecule has 0 aliphatic carbocycles. The minimum absolute atomic E-state index is 0.0152. The van der Waals surface area contributed by atoms with Crippen molar-refractivity contribution in [3.05, 3.63) is 94.8 Å². The monoisotopic (exact) mass is 497 g/mol. The van der Waals surface area contributed by atoms with E-state index in [9.17, 15) is 4.79 Å². The van der Waals surface area contributed by atoms with Gasteiger partial charge >= 0.3 is 0 Å². The fraction of sp³-hybridized carbons (Fsp3) is 0.375. The van der Waals surface area contributed by atoms with Crippen molar-refractivity contribution in [2.75, 3.05) is 13.2 Å². The molecule has 0 radical (unpaired) electrons. The molecule has 0 spiro atoms. The zero-order chi connectivity index (χ0) is 26.0. The molecule has 0 unspecified atom stereocenters. The average Bonchev–Trinajstić information content (AvgIpc) is 3.25. The van der Waals surface area contributed by atoms with Gasteiger partial charge in [-0.1, -0.05) is 48.9 Å². The summed E-state index contributed by atoms with van der Waals surface area (Å²) in [6.07, 6.45) is 6.07. The van der Waals surface area contributed by atoms with E-state index in [2.05, 4.69) is 66.2 Å². The number of imidazole rings is 1. The van der Waals surface area contributed by atoms with E-state index in [1.54, 1.807) is 0 Å². The molecule has 0 saturated carbocycles. The average molecular weight is 498 g/mol. The van der Waals surface area contributed by atoms with Crippen LogP contribution in [0.1, 0.15) is 65.0 Å². The van der Waals surface area contributed by atoms with E-state index < -0.39 is 0 Å². The summed E-state index contributed by atoms with van der Waals surface area (Å²) >= 11 is 0. The van der Waals surface area contributed by atoms with Crippen LogP contribution in [-0.4, -0.2) is 28.6 Å². The SMILES string of the molecule is Cc1ccccc1C(=O)NCCCCCc1nc2ccccc2n1CCCCOc1cccc(C)c1C. The molecule has 0 saturated heterocycles. The lowest BCUT2D eigenvalue weighted by Gasteiger charge is -2.12. The molecule has 0 aliphatic heterocycles. The second-order valence-electron chi connectivity index (χ2n) is 9.80. The fourth-order valence-corrected chi connectivity index (χ4v) is 4.71. The number of nitrogens with one attached hydrogen (secondary N) is 1. The summed E-state index contributed by atoms with van der Waals surface area (Å²) in [5.41, 5.74) is 6.53. The van der Waals surface area contributed by atoms with Gasteiger partial charge in [-0.25, -0.2) is 4.98 Å². The van der Waals surface area contributed by atoms with E-state index in [1.165, 1.54) is 16.6 Å². The first-order chi connectivity index (χ1) is 18.0. The molecule has 1 N–H and O–H groups in total. The normalized spacial score (nSPS) is 11.1. The summed E-state index contributed by atoms with van der Waals surface area (Å²) in [6, 6.07) is 22.4. The highest BCUT2D eigenvalue weighted by Crippen LogP contribution is 2.22. The maximum absolute atomic E-state index is 12.4. The highest BCUT2D eigenvalue weighted by Gasteiger charge is 2.11. The van der Waals surface area contributed by atoms with E-state index in [-0.39, 0.29) is 5.91 Å². The van der Waals surface area contributed by atoms with Gasteiger partial charge in [-0.3, -0.25) is 4.79 Å². The number of ether oxygens (including phenoxy) is 1. The Labute approximate surface area is 220 Å². The smallest absolute Gasteiger partial charge is 0.251 e. The first kappa shape index (κ1) is 26.5. The van der Waals surface area contributed by atoms with E-state index in [0.29, 0.717) is 6.54 Å². The number of benzene rings is 3. The fourth-order valence-electron chi connectivity index (χ4n) is 4.71. The van der Waals surface area contributed by atoms with Gasteiger partial charge in [0.15, 0.2) is 0 Å². The molecule has 1 aromatic heterocycles. The largest absolute Gasteiger partial charge is 0.493 e. The van der Waals surface area contributed by atoms with Gasteiger partial charge in [-0.15, -0.1) is 0 Å². The third-order valence-corrected chi connectivity index (χ3v) is 7.07. The highest BCUT2D eigenvalue weighted by atomic mass is 16.5. The van der Waals surface area contributed by atoms with Crippen LogP contribution >= 0.6 is 0 Å². The predicted octanol–water partition coefficient (Wildman–Crippen LogP) is 6.96. The van der Waals surface area contributed by atoms with E-state index >= 15 is 0 Å². The molecular formula is C32H39N3O2. The van der Waals surface area contributed by atoms with Crippen molar-refractivity contribution in [1.82, 2.24) is 14.9 Å². The van der Waals surface area contributed by atoms with E-state index in [0.717, 1.165) is 79.9 Å². The van der Waals surface area contributed by atoms with Crippen LogP contribution in [0.15, 0.2) is 66.7 Å². The third-order valence-electron chi connectivity index (χ3n) is 7.07. The quantitative estimate of drug-likeness (QED) is 0.203. The summed E-state index contributed by atoms with van der Waals surface area (Å²) in [6.45, 7) is 8.57. The summed E-state index contributed by atoms with van der Waals surface area (Å²) in [5.74, 6) is 2.16. The standard InChI is InChI=1S/C32H39N3O2/c1-24-15-13-19-30(26(24)3)37-23-12-11-22-35-29-18-9-8-17-28(29)34-31(35)20-5-4-10-21-33-32(36)27-16-7-6-14-25(27)2/h6-9,13-19H,4-5,10-12,20-23H2,1-3H3,(H,33,36). The van der Waals surface area contributed by atoms with Crippen molar-refractivity contribution in [1.29, 1.82) is 0 Å². The lowest BCUT2D eigenvalue weighted by Crippen LogP contribution is -2.25. The molecule has 37 heavy (non-hydrogen) atoms. The van der Waals surface area contributed by atoms with Crippen LogP contribution in [-0.2, 0) is 13.0 Å². The highest BCUT2D eigenvalue weighted by molar-refractivity contribution is 5.95. The minimum atomic E-state index is 0.0152. The molecule has 4 rings (SSSR count). The summed E-state index contributed by atoms with van der Waals surface area (Å²) in [7, 11) is 0. The van der Waals surface area contributed by atoms with Crippen LogP contribution in [0.4, 0.5) is 0 Å². The van der Waals surface area contributed by atoms with Crippen LogP contribution in [0, 0.1) is 20.8 Å². The second kappa shape index (κ2) is 13.1. The zero-order valence-corrected chi connectivity index (χ0v) is 22.4. The van der Waals surface area contributed by atoms with Crippen LogP contribution < -0.4 is 10.1 Å². The number of aryl methyl sites for hydroxylation is 4. The lowest BCUT2D eigenvalue weighted by molar-refractivity contribution is 0.0952. The number of amides is 1. The third kappa shape index (κ3) is 7.00. The Hall–Kier alpha value is -3.60. The van der Waals surface area contributed by atoms with Gasteiger partial charge in [-0.05, 0) is 87.4 Å². The number of nitrogens with zero attached hydrogens (tertiary/aromatic N) is 2. The van der Waals surface area contributed by atoms with Crippen LogP contribution in [0.2, 0.25) is 0 Å². The van der Waals surface area contributed by atoms with Crippen molar-refractivity contribution < 1.29 is 9.53 Å². The van der Waals surface area contributed by atoms with E-state index in [4.69, 9.17) is 9.72 Å². The molecule has 0 atom stereocenters. The van der Waals surface area contributed by atoms with Crippen molar-refractivity contribution in [2.45, 2.75) is 65.8 Å². The van der Waals surface area contributed by atoms with Gasteiger partial charge in [0.25, 0.3) is 5.91 Å². The maximum Gasteiger partial charge on any atom is 0.251 e. The first-order valence-electron chi connectivity index (χ1n) is 13.5. The molecule has 0 bridgehead atoms. The lowest BCUT2D eigenvalue weighted by atomic mass is 10.1. The van der Waals surface area contributed by atoms with Gasteiger partial charge in [0.05, 0.1) is 17.6 Å². The number of aromatic nitrogens is 2. The Kier molecular flexibility index (Phi) is 9.36. The molecule has 4 aromatic rings. The van der Waals surface area contributed by atoms with Gasteiger partial charge in [0.2, 0.25) is 0 Å². The topological polar surface area (TPSA) is 56.2 Å². The number of fused-ring (bicyclic) bond motifs is 1. The molecule has 1 amide bonds. The van der Waals surface area contributed by atoms with Gasteiger partial charge < -0.3 is 14.6 Å². The van der Waals surface area contributed by atoms with Crippen LogP contribution in [0.25, 0.3) is 11.0 Å². The Bertz CT molecular complexity index is 1320. The van der Waals surface area contributed by atoms with Gasteiger partial charge in [-0.2, -0.15) is 0 Å². The number of unbranched alkanes of at least 4 members (excludes halogenated alkanes) is 3. The van der Waals surface area contributed by atoms with Crippen molar-refractivity contribution in [3.8, 4) is 5.75 Å². The first-order valence-corrected chi connectivity index (χ1v) is 13.5. The molecular weight excluding hydrogens is 458 g/mol. The number of carbonyl (C=O) groups excluding carboxylic acids is 1. The summed E-state index contributed by atoms with van der Waals surface area (Å²) in [4.78, 5) is 17.3. The second-order valence-corrected chi connectivity index (χ2v) is 9.80. The van der Waals surface area contributed by atoms with Crippen LogP contribution in [0.3, 0.4) is 0 Å². The van der Waals surface area contributed by atoms with Gasteiger partial charge in [0.1, 0.15) is 11.6 Å². The number of para-hydroxylation sites is 2. The maximum atomic E-state index is 12.4. The van der Waals surface area contributed by atoms with Crippen molar-refractivity contribution >= 4 is 16.9 Å². The van der Waals surface area contributed by atoms with E-state index in [1.807, 2.05) is 31.2 Å². The molecule has 5 nitrogen and oxygen atoms in total. The summed E-state index contributed by atoms with van der Waals surface area (Å²) < 4.78 is 8.44. The Morgan fingerprint density at radius 1 is 0.838 bits per heavy atom. The van der Waals surface area contributed by atoms with Crippen LogP contribution in [0.5, 0.6) is 5.75 Å². The molecule has 5 heteroatoms. The number of rotatable bonds is 13. The molecule has 1 heterocycles. The number of carbonyl (C=O) groups is 1. The number of hydrogen-bond donors (Lipinski definition) is 1. The molecule has 194 valence electrons. The van der Waals surface area contributed by atoms with Gasteiger partial charge in [0, 0.05) is 25.1 Å². The predicted molar refractivity (Wildman–Crippen MR) is 151 cm³/mol. The zero-order valence-electron chi connectivity index (χ0n) is 22.4.